The summed E-state index contributed by atoms with van der Waals surface area (Å²) in [5, 5.41) is 3.83. The summed E-state index contributed by atoms with van der Waals surface area (Å²) in [5.74, 6) is 0.655. The van der Waals surface area contributed by atoms with Crippen LogP contribution in [-0.4, -0.2) is 60.3 Å². The van der Waals surface area contributed by atoms with Gasteiger partial charge in [0.2, 0.25) is 5.91 Å². The minimum Gasteiger partial charge on any atom is -0.356 e. The first-order valence-electron chi connectivity index (χ1n) is 9.57. The van der Waals surface area contributed by atoms with Gasteiger partial charge in [0, 0.05) is 38.5 Å². The Kier molecular flexibility index (Phi) is 7.57. The Labute approximate surface area is 169 Å². The fourth-order valence-corrected chi connectivity index (χ4v) is 4.17. The molecule has 0 aromatic carbocycles. The van der Waals surface area contributed by atoms with Crippen molar-refractivity contribution in [2.45, 2.75) is 50.0 Å². The van der Waals surface area contributed by atoms with Gasteiger partial charge in [-0.2, -0.15) is 0 Å². The van der Waals surface area contributed by atoms with E-state index >= 15 is 0 Å². The molecule has 0 bridgehead atoms. The molecule has 1 amide bonds. The summed E-state index contributed by atoms with van der Waals surface area (Å²) < 4.78 is 11.5. The first kappa shape index (κ1) is 20.6. The van der Waals surface area contributed by atoms with Crippen molar-refractivity contribution in [1.29, 1.82) is 0 Å². The van der Waals surface area contributed by atoms with Gasteiger partial charge in [0.05, 0.1) is 19.0 Å². The lowest BCUT2D eigenvalue weighted by atomic mass is 10.0. The van der Waals surface area contributed by atoms with Gasteiger partial charge in [0.15, 0.2) is 10.9 Å². The molecule has 0 aliphatic carbocycles. The normalized spacial score (nSPS) is 18.8. The molecule has 150 valence electrons. The van der Waals surface area contributed by atoms with Crippen molar-refractivity contribution in [2.24, 2.45) is 0 Å². The van der Waals surface area contributed by atoms with Gasteiger partial charge in [-0.1, -0.05) is 43.1 Å². The quantitative estimate of drug-likeness (QED) is 0.303. The Hall–Kier alpha value is -1.09. The number of nitrogens with zero attached hydrogens (tertiary/aromatic N) is 3. The summed E-state index contributed by atoms with van der Waals surface area (Å²) in [6, 6.07) is 1.77. The maximum Gasteiger partial charge on any atom is 0.230 e. The second-order valence-electron chi connectivity index (χ2n) is 6.77. The summed E-state index contributed by atoms with van der Waals surface area (Å²) in [7, 11) is 0. The smallest absolute Gasteiger partial charge is 0.230 e. The number of ether oxygens (including phenoxy) is 2. The molecule has 27 heavy (non-hydrogen) atoms. The van der Waals surface area contributed by atoms with Crippen molar-refractivity contribution in [3.05, 3.63) is 11.2 Å². The predicted molar refractivity (Wildman–Crippen MR) is 106 cm³/mol. The lowest BCUT2D eigenvalue weighted by molar-refractivity contribution is -0.169. The van der Waals surface area contributed by atoms with E-state index in [1.165, 1.54) is 11.8 Å². The van der Waals surface area contributed by atoms with Crippen LogP contribution in [0.5, 0.6) is 0 Å². The van der Waals surface area contributed by atoms with Gasteiger partial charge in [-0.3, -0.25) is 4.79 Å². The zero-order valence-corrected chi connectivity index (χ0v) is 17.3. The van der Waals surface area contributed by atoms with Crippen LogP contribution in [0.25, 0.3) is 0 Å². The van der Waals surface area contributed by atoms with Crippen LogP contribution < -0.4 is 10.2 Å². The number of unbranched alkanes of at least 4 members (excludes halogenated alkanes) is 2. The molecular weight excluding hydrogens is 388 g/mol. The Bertz CT molecular complexity index is 633. The SMILES string of the molecule is CCCCCNC(=O)CSc1nc(Cl)cc(N2CCC3(CC2)OCCO3)n1. The number of carbonyl (C=O) groups is 1. The Morgan fingerprint density at radius 2 is 2.04 bits per heavy atom. The van der Waals surface area contributed by atoms with E-state index in [1.807, 2.05) is 0 Å². The highest BCUT2D eigenvalue weighted by atomic mass is 35.5. The summed E-state index contributed by atoms with van der Waals surface area (Å²) in [4.78, 5) is 22.9. The summed E-state index contributed by atoms with van der Waals surface area (Å²) in [5.41, 5.74) is 0. The van der Waals surface area contributed by atoms with Crippen LogP contribution in [0, 0.1) is 0 Å². The molecule has 2 aliphatic heterocycles. The van der Waals surface area contributed by atoms with Gasteiger partial charge >= 0.3 is 0 Å². The lowest BCUT2D eigenvalue weighted by Crippen LogP contribution is -2.45. The third-order valence-corrected chi connectivity index (χ3v) is 5.80. The Balaban J connectivity index is 1.51. The van der Waals surface area contributed by atoms with Crippen molar-refractivity contribution in [3.8, 4) is 0 Å². The molecule has 2 fully saturated rings. The van der Waals surface area contributed by atoms with E-state index in [2.05, 4.69) is 27.1 Å². The van der Waals surface area contributed by atoms with Crippen LogP contribution in [0.2, 0.25) is 5.15 Å². The molecule has 1 aromatic rings. The molecule has 0 radical (unpaired) electrons. The summed E-state index contributed by atoms with van der Waals surface area (Å²) in [6.45, 7) is 5.77. The van der Waals surface area contributed by atoms with Gasteiger partial charge in [-0.25, -0.2) is 9.97 Å². The van der Waals surface area contributed by atoms with E-state index < -0.39 is 5.79 Å². The minimum absolute atomic E-state index is 0.00308. The van der Waals surface area contributed by atoms with Crippen LogP contribution in [0.15, 0.2) is 11.2 Å². The van der Waals surface area contributed by atoms with Crippen LogP contribution in [0.1, 0.15) is 39.0 Å². The van der Waals surface area contributed by atoms with Gasteiger partial charge < -0.3 is 19.7 Å². The topological polar surface area (TPSA) is 76.6 Å². The van der Waals surface area contributed by atoms with Crippen LogP contribution >= 0.6 is 23.4 Å². The number of carbonyl (C=O) groups excluding carboxylic acids is 1. The zero-order chi connectivity index (χ0) is 19.1. The van der Waals surface area contributed by atoms with E-state index in [4.69, 9.17) is 21.1 Å². The number of nitrogens with one attached hydrogen (secondary N) is 1. The molecule has 7 nitrogen and oxygen atoms in total. The fraction of sp³-hybridized carbons (Fsp3) is 0.722. The molecule has 3 heterocycles. The largest absolute Gasteiger partial charge is 0.356 e. The van der Waals surface area contributed by atoms with E-state index in [0.717, 1.165) is 51.0 Å². The van der Waals surface area contributed by atoms with Gasteiger partial charge in [-0.15, -0.1) is 0 Å². The van der Waals surface area contributed by atoms with Crippen LogP contribution in [0.3, 0.4) is 0 Å². The number of rotatable bonds is 8. The first-order chi connectivity index (χ1) is 13.1. The minimum atomic E-state index is -0.416. The number of halogens is 1. The number of amides is 1. The predicted octanol–water partition coefficient (Wildman–Crippen LogP) is 2.87. The third-order valence-electron chi connectivity index (χ3n) is 4.76. The van der Waals surface area contributed by atoms with Crippen molar-refractivity contribution < 1.29 is 14.3 Å². The fourth-order valence-electron chi connectivity index (χ4n) is 3.26. The molecule has 9 heteroatoms. The second kappa shape index (κ2) is 9.91. The molecular formula is C18H27ClN4O3S. The van der Waals surface area contributed by atoms with E-state index in [0.29, 0.717) is 30.1 Å². The van der Waals surface area contributed by atoms with Crippen molar-refractivity contribution in [1.82, 2.24) is 15.3 Å². The average molecular weight is 415 g/mol. The standard InChI is InChI=1S/C18H27ClN4O3S/c1-2-3-4-7-20-16(24)13-27-17-21-14(19)12-15(22-17)23-8-5-18(6-9-23)25-10-11-26-18/h12H,2-11,13H2,1H3,(H,20,24). The third kappa shape index (κ3) is 5.94. The molecule has 1 aromatic heterocycles. The molecule has 0 atom stereocenters. The molecule has 0 unspecified atom stereocenters. The van der Waals surface area contributed by atoms with Crippen LogP contribution in [-0.2, 0) is 14.3 Å². The maximum absolute atomic E-state index is 11.9. The molecule has 1 spiro atoms. The molecule has 2 aliphatic rings. The van der Waals surface area contributed by atoms with E-state index in [9.17, 15) is 4.79 Å². The molecule has 3 rings (SSSR count). The van der Waals surface area contributed by atoms with Crippen molar-refractivity contribution in [2.75, 3.05) is 43.5 Å². The van der Waals surface area contributed by atoms with E-state index in [1.54, 1.807) is 6.07 Å². The lowest BCUT2D eigenvalue weighted by Gasteiger charge is -2.38. The van der Waals surface area contributed by atoms with Gasteiger partial charge in [0.25, 0.3) is 0 Å². The Morgan fingerprint density at radius 3 is 2.74 bits per heavy atom. The highest BCUT2D eigenvalue weighted by molar-refractivity contribution is 7.99. The number of anilines is 1. The van der Waals surface area contributed by atoms with Gasteiger partial charge in [0.1, 0.15) is 11.0 Å². The number of hydrogen-bond donors (Lipinski definition) is 1. The van der Waals surface area contributed by atoms with Crippen molar-refractivity contribution in [3.63, 3.8) is 0 Å². The monoisotopic (exact) mass is 414 g/mol. The molecule has 2 saturated heterocycles. The summed E-state index contributed by atoms with van der Waals surface area (Å²) in [6.07, 6.45) is 4.88. The first-order valence-corrected chi connectivity index (χ1v) is 10.9. The molecule has 0 saturated carbocycles. The number of piperidine rings is 1. The zero-order valence-electron chi connectivity index (χ0n) is 15.7. The second-order valence-corrected chi connectivity index (χ2v) is 8.10. The average Bonchev–Trinajstić information content (AvgIpc) is 3.12. The Morgan fingerprint density at radius 1 is 1.30 bits per heavy atom. The number of aromatic nitrogens is 2. The highest BCUT2D eigenvalue weighted by Gasteiger charge is 2.40. The van der Waals surface area contributed by atoms with E-state index in [-0.39, 0.29) is 11.7 Å². The molecule has 1 N–H and O–H groups in total. The van der Waals surface area contributed by atoms with Crippen LogP contribution in [0.4, 0.5) is 5.82 Å². The highest BCUT2D eigenvalue weighted by Crippen LogP contribution is 2.33. The maximum atomic E-state index is 11.9. The van der Waals surface area contributed by atoms with Crippen molar-refractivity contribution >= 4 is 35.1 Å². The summed E-state index contributed by atoms with van der Waals surface area (Å²) >= 11 is 7.49. The number of thioether (sulfide) groups is 1. The number of hydrogen-bond acceptors (Lipinski definition) is 7. The van der Waals surface area contributed by atoms with Gasteiger partial charge in [-0.05, 0) is 6.42 Å².